The lowest BCUT2D eigenvalue weighted by molar-refractivity contribution is -0.126. The average Bonchev–Trinajstić information content (AvgIpc) is 2.98. The molecule has 1 aliphatic rings. The van der Waals surface area contributed by atoms with Gasteiger partial charge in [-0.05, 0) is 48.9 Å². The Balaban J connectivity index is 1.96. The van der Waals surface area contributed by atoms with E-state index >= 15 is 0 Å². The number of thiophene rings is 1. The van der Waals surface area contributed by atoms with Gasteiger partial charge in [-0.15, -0.1) is 11.3 Å². The molecular weight excluding hydrogens is 328 g/mol. The molecule has 1 saturated heterocycles. The summed E-state index contributed by atoms with van der Waals surface area (Å²) in [6.07, 6.45) is 2.31. The highest BCUT2D eigenvalue weighted by Gasteiger charge is 2.25. The Morgan fingerprint density at radius 1 is 1.68 bits per heavy atom. The molecule has 19 heavy (non-hydrogen) atoms. The molecular formula is C13H19BrN2O2S. The zero-order valence-corrected chi connectivity index (χ0v) is 13.6. The number of halogens is 1. The number of likely N-dealkylation sites (N-methyl/N-ethyl adjacent to an activating group) is 1. The molecule has 6 heteroatoms. The highest BCUT2D eigenvalue weighted by molar-refractivity contribution is 9.10. The topological polar surface area (TPSA) is 41.6 Å². The van der Waals surface area contributed by atoms with Gasteiger partial charge in [-0.2, -0.15) is 0 Å². The van der Waals surface area contributed by atoms with Crippen molar-refractivity contribution in [1.29, 1.82) is 0 Å². The summed E-state index contributed by atoms with van der Waals surface area (Å²) in [5.41, 5.74) is 0. The summed E-state index contributed by atoms with van der Waals surface area (Å²) in [7, 11) is 3.84. The number of hydrogen-bond donors (Lipinski definition) is 1. The van der Waals surface area contributed by atoms with Gasteiger partial charge in [-0.25, -0.2) is 0 Å². The molecule has 0 saturated carbocycles. The van der Waals surface area contributed by atoms with Gasteiger partial charge in [-0.1, -0.05) is 0 Å². The van der Waals surface area contributed by atoms with Gasteiger partial charge in [0.05, 0.1) is 6.10 Å². The van der Waals surface area contributed by atoms with Gasteiger partial charge in [0.15, 0.2) is 0 Å². The lowest BCUT2D eigenvalue weighted by atomic mass is 10.2. The summed E-state index contributed by atoms with van der Waals surface area (Å²) in [5.74, 6) is 0.0369. The maximum Gasteiger partial charge on any atom is 0.242 e. The molecule has 1 aromatic rings. The minimum absolute atomic E-state index is 0.0369. The predicted octanol–water partition coefficient (Wildman–Crippen LogP) is 2.41. The molecule has 0 spiro atoms. The normalized spacial score (nSPS) is 20.7. The van der Waals surface area contributed by atoms with Crippen molar-refractivity contribution in [3.05, 3.63) is 20.8 Å². The fraction of sp³-hybridized carbons (Fsp3) is 0.615. The molecule has 4 nitrogen and oxygen atoms in total. The minimum Gasteiger partial charge on any atom is -0.376 e. The molecule has 0 bridgehead atoms. The number of carbonyl (C=O) groups excluding carboxylic acids is 1. The summed E-state index contributed by atoms with van der Waals surface area (Å²) < 4.78 is 6.54. The van der Waals surface area contributed by atoms with Crippen molar-refractivity contribution in [3.63, 3.8) is 0 Å². The van der Waals surface area contributed by atoms with E-state index in [1.165, 1.54) is 0 Å². The molecule has 2 rings (SSSR count). The van der Waals surface area contributed by atoms with E-state index in [1.807, 2.05) is 30.4 Å². The second kappa shape index (κ2) is 6.83. The fourth-order valence-electron chi connectivity index (χ4n) is 2.21. The number of nitrogens with zero attached hydrogens (tertiary/aromatic N) is 1. The van der Waals surface area contributed by atoms with Crippen LogP contribution < -0.4 is 5.32 Å². The third-order valence-corrected chi connectivity index (χ3v) is 4.90. The van der Waals surface area contributed by atoms with Crippen LogP contribution in [0.4, 0.5) is 0 Å². The van der Waals surface area contributed by atoms with Gasteiger partial charge in [-0.3, -0.25) is 9.69 Å². The summed E-state index contributed by atoms with van der Waals surface area (Å²) in [6, 6.07) is 1.76. The maximum atomic E-state index is 12.3. The average molecular weight is 347 g/mol. The number of nitrogens with one attached hydrogen (secondary N) is 1. The largest absolute Gasteiger partial charge is 0.376 e. The number of ether oxygens (including phenoxy) is 1. The molecule has 2 atom stereocenters. The Morgan fingerprint density at radius 3 is 3.00 bits per heavy atom. The third kappa shape index (κ3) is 4.02. The first-order valence-corrected chi connectivity index (χ1v) is 8.05. The Labute approximate surface area is 126 Å². The SMILES string of the molecule is CN(C)[C@@H](C(=O)NC[C@H]1CCCO1)c1cc(Br)cs1. The molecule has 2 heterocycles. The van der Waals surface area contributed by atoms with Crippen molar-refractivity contribution in [2.24, 2.45) is 0 Å². The zero-order valence-electron chi connectivity index (χ0n) is 11.2. The lowest BCUT2D eigenvalue weighted by Crippen LogP contribution is -2.39. The first-order valence-electron chi connectivity index (χ1n) is 6.37. The maximum absolute atomic E-state index is 12.3. The smallest absolute Gasteiger partial charge is 0.242 e. The molecule has 106 valence electrons. The molecule has 0 aromatic carbocycles. The van der Waals surface area contributed by atoms with Crippen molar-refractivity contribution >= 4 is 33.2 Å². The third-order valence-electron chi connectivity index (χ3n) is 3.15. The summed E-state index contributed by atoms with van der Waals surface area (Å²) in [4.78, 5) is 15.3. The first-order chi connectivity index (χ1) is 9.08. The minimum atomic E-state index is -0.238. The van der Waals surface area contributed by atoms with E-state index in [1.54, 1.807) is 11.3 Å². The van der Waals surface area contributed by atoms with Crippen LogP contribution >= 0.6 is 27.3 Å². The van der Waals surface area contributed by atoms with Gasteiger partial charge >= 0.3 is 0 Å². The quantitative estimate of drug-likeness (QED) is 0.889. The molecule has 1 fully saturated rings. The number of rotatable bonds is 5. The Kier molecular flexibility index (Phi) is 5.38. The molecule has 1 amide bonds. The first kappa shape index (κ1) is 15.0. The molecule has 0 aliphatic carbocycles. The number of hydrogen-bond acceptors (Lipinski definition) is 4. The van der Waals surface area contributed by atoms with E-state index in [2.05, 4.69) is 21.2 Å². The van der Waals surface area contributed by atoms with Crippen LogP contribution in [0.2, 0.25) is 0 Å². The summed E-state index contributed by atoms with van der Waals surface area (Å²) >= 11 is 5.02. The fourth-order valence-corrected chi connectivity index (χ4v) is 3.84. The monoisotopic (exact) mass is 346 g/mol. The van der Waals surface area contributed by atoms with Crippen molar-refractivity contribution in [3.8, 4) is 0 Å². The molecule has 0 radical (unpaired) electrons. The molecule has 1 aromatic heterocycles. The summed E-state index contributed by atoms with van der Waals surface area (Å²) in [6.45, 7) is 1.42. The van der Waals surface area contributed by atoms with Crippen LogP contribution in [-0.2, 0) is 9.53 Å². The van der Waals surface area contributed by atoms with Gasteiger partial charge in [0.2, 0.25) is 5.91 Å². The van der Waals surface area contributed by atoms with Crippen molar-refractivity contribution in [1.82, 2.24) is 10.2 Å². The van der Waals surface area contributed by atoms with E-state index in [9.17, 15) is 4.79 Å². The highest BCUT2D eigenvalue weighted by Crippen LogP contribution is 2.28. The highest BCUT2D eigenvalue weighted by atomic mass is 79.9. The van der Waals surface area contributed by atoms with E-state index in [0.29, 0.717) is 6.54 Å². The second-order valence-electron chi connectivity index (χ2n) is 4.91. The Bertz CT molecular complexity index is 430. The van der Waals surface area contributed by atoms with E-state index in [4.69, 9.17) is 4.74 Å². The molecule has 0 unspecified atom stereocenters. The van der Waals surface area contributed by atoms with E-state index < -0.39 is 0 Å². The van der Waals surface area contributed by atoms with Crippen molar-refractivity contribution in [2.75, 3.05) is 27.2 Å². The van der Waals surface area contributed by atoms with Crippen molar-refractivity contribution in [2.45, 2.75) is 25.0 Å². The van der Waals surface area contributed by atoms with Gasteiger partial charge in [0.25, 0.3) is 0 Å². The van der Waals surface area contributed by atoms with Gasteiger partial charge in [0, 0.05) is 27.9 Å². The lowest BCUT2D eigenvalue weighted by Gasteiger charge is -2.23. The second-order valence-corrected chi connectivity index (χ2v) is 6.77. The molecule has 1 N–H and O–H groups in total. The predicted molar refractivity (Wildman–Crippen MR) is 80.4 cm³/mol. The zero-order chi connectivity index (χ0) is 13.8. The van der Waals surface area contributed by atoms with Crippen LogP contribution in [0.3, 0.4) is 0 Å². The van der Waals surface area contributed by atoms with Gasteiger partial charge < -0.3 is 10.1 Å². The summed E-state index contributed by atoms with van der Waals surface area (Å²) in [5, 5.41) is 5.00. The van der Waals surface area contributed by atoms with Gasteiger partial charge in [0.1, 0.15) is 6.04 Å². The van der Waals surface area contributed by atoms with Crippen LogP contribution in [0.25, 0.3) is 0 Å². The van der Waals surface area contributed by atoms with Crippen LogP contribution in [0.1, 0.15) is 23.8 Å². The standard InChI is InChI=1S/C13H19BrN2O2S/c1-16(2)12(11-6-9(14)8-19-11)13(17)15-7-10-4-3-5-18-10/h6,8,10,12H,3-5,7H2,1-2H3,(H,15,17)/t10-,12-/m1/s1. The Hall–Kier alpha value is -0.430. The van der Waals surface area contributed by atoms with Crippen LogP contribution in [0.15, 0.2) is 15.9 Å². The van der Waals surface area contributed by atoms with Crippen LogP contribution in [-0.4, -0.2) is 44.2 Å². The van der Waals surface area contributed by atoms with Crippen molar-refractivity contribution < 1.29 is 9.53 Å². The number of carbonyl (C=O) groups is 1. The number of amides is 1. The Morgan fingerprint density at radius 2 is 2.47 bits per heavy atom. The van der Waals surface area contributed by atoms with E-state index in [0.717, 1.165) is 28.8 Å². The van der Waals surface area contributed by atoms with E-state index in [-0.39, 0.29) is 18.1 Å². The molecule has 1 aliphatic heterocycles. The van der Waals surface area contributed by atoms with Crippen LogP contribution in [0, 0.1) is 0 Å². The van der Waals surface area contributed by atoms with Crippen LogP contribution in [0.5, 0.6) is 0 Å².